The summed E-state index contributed by atoms with van der Waals surface area (Å²) in [6.07, 6.45) is -3.20. The largest absolute Gasteiger partial charge is 0.418 e. The van der Waals surface area contributed by atoms with Gasteiger partial charge in [0.1, 0.15) is 0 Å². The first-order valence-corrected chi connectivity index (χ1v) is 7.80. The number of anilines is 4. The Hall–Kier alpha value is -3.16. The summed E-state index contributed by atoms with van der Waals surface area (Å²) in [7, 11) is 0. The van der Waals surface area contributed by atoms with Gasteiger partial charge in [-0.25, -0.2) is 0 Å². The molecule has 0 aliphatic rings. The van der Waals surface area contributed by atoms with E-state index in [0.29, 0.717) is 0 Å². The Morgan fingerprint density at radius 1 is 0.923 bits per heavy atom. The van der Waals surface area contributed by atoms with Gasteiger partial charge >= 0.3 is 6.18 Å². The van der Waals surface area contributed by atoms with Crippen LogP contribution in [0.4, 0.5) is 36.3 Å². The minimum atomic E-state index is -4.47. The van der Waals surface area contributed by atoms with Crippen molar-refractivity contribution in [3.8, 4) is 0 Å². The van der Waals surface area contributed by atoms with Gasteiger partial charge in [-0.1, -0.05) is 24.3 Å². The molecule has 8 heteroatoms. The summed E-state index contributed by atoms with van der Waals surface area (Å²) >= 11 is 0. The van der Waals surface area contributed by atoms with Gasteiger partial charge in [0.2, 0.25) is 5.95 Å². The van der Waals surface area contributed by atoms with Gasteiger partial charge in [-0.05, 0) is 43.2 Å². The lowest BCUT2D eigenvalue weighted by Crippen LogP contribution is -2.10. The highest BCUT2D eigenvalue weighted by atomic mass is 19.4. The van der Waals surface area contributed by atoms with Crippen LogP contribution in [0.15, 0.2) is 48.7 Å². The van der Waals surface area contributed by atoms with Crippen molar-refractivity contribution in [2.45, 2.75) is 20.0 Å². The second-order valence-corrected chi connectivity index (χ2v) is 5.78. The van der Waals surface area contributed by atoms with E-state index in [0.717, 1.165) is 22.9 Å². The molecule has 0 aliphatic heterocycles. The van der Waals surface area contributed by atoms with E-state index in [4.69, 9.17) is 0 Å². The number of alkyl halides is 3. The Morgan fingerprint density at radius 2 is 1.69 bits per heavy atom. The number of benzene rings is 2. The maximum absolute atomic E-state index is 13.1. The highest BCUT2D eigenvalue weighted by Gasteiger charge is 2.33. The molecule has 3 aromatic rings. The molecule has 0 spiro atoms. The summed E-state index contributed by atoms with van der Waals surface area (Å²) in [5.74, 6) is 0.345. The molecule has 0 saturated heterocycles. The summed E-state index contributed by atoms with van der Waals surface area (Å²) in [5.41, 5.74) is 1.97. The molecule has 0 aliphatic carbocycles. The van der Waals surface area contributed by atoms with E-state index in [9.17, 15) is 13.2 Å². The van der Waals surface area contributed by atoms with E-state index in [1.165, 1.54) is 24.4 Å². The number of nitrogens with zero attached hydrogens (tertiary/aromatic N) is 3. The normalized spacial score (nSPS) is 11.3. The highest BCUT2D eigenvalue weighted by molar-refractivity contribution is 5.63. The van der Waals surface area contributed by atoms with E-state index in [1.807, 2.05) is 32.0 Å². The fourth-order valence-electron chi connectivity index (χ4n) is 2.38. The van der Waals surface area contributed by atoms with Gasteiger partial charge in [0.05, 0.1) is 17.4 Å². The van der Waals surface area contributed by atoms with E-state index < -0.39 is 11.7 Å². The van der Waals surface area contributed by atoms with Crippen LogP contribution in [-0.4, -0.2) is 15.2 Å². The molecule has 134 valence electrons. The highest BCUT2D eigenvalue weighted by Crippen LogP contribution is 2.35. The van der Waals surface area contributed by atoms with E-state index in [-0.39, 0.29) is 17.5 Å². The SMILES string of the molecule is Cc1ccc(C)c(Nc2nncc(Nc3ccccc3C(F)(F)F)n2)c1. The van der Waals surface area contributed by atoms with E-state index >= 15 is 0 Å². The maximum atomic E-state index is 13.1. The maximum Gasteiger partial charge on any atom is 0.418 e. The minimum Gasteiger partial charge on any atom is -0.338 e. The monoisotopic (exact) mass is 359 g/mol. The van der Waals surface area contributed by atoms with Crippen LogP contribution in [-0.2, 0) is 6.18 Å². The second kappa shape index (κ2) is 6.99. The zero-order valence-corrected chi connectivity index (χ0v) is 14.1. The molecule has 26 heavy (non-hydrogen) atoms. The molecule has 0 saturated carbocycles. The van der Waals surface area contributed by atoms with Crippen molar-refractivity contribution >= 4 is 23.1 Å². The third-order valence-corrected chi connectivity index (χ3v) is 3.69. The number of hydrogen-bond acceptors (Lipinski definition) is 5. The second-order valence-electron chi connectivity index (χ2n) is 5.78. The summed E-state index contributed by atoms with van der Waals surface area (Å²) in [4.78, 5) is 4.19. The van der Waals surface area contributed by atoms with Crippen LogP contribution in [0.2, 0.25) is 0 Å². The lowest BCUT2D eigenvalue weighted by atomic mass is 10.1. The van der Waals surface area contributed by atoms with Crippen LogP contribution in [0.25, 0.3) is 0 Å². The zero-order valence-electron chi connectivity index (χ0n) is 14.1. The summed E-state index contributed by atoms with van der Waals surface area (Å²) in [6, 6.07) is 11.0. The molecule has 0 atom stereocenters. The van der Waals surface area contributed by atoms with Crippen LogP contribution < -0.4 is 10.6 Å². The van der Waals surface area contributed by atoms with Crippen LogP contribution in [0.1, 0.15) is 16.7 Å². The number of para-hydroxylation sites is 1. The molecule has 2 N–H and O–H groups in total. The van der Waals surface area contributed by atoms with Crippen molar-refractivity contribution in [3.05, 3.63) is 65.4 Å². The van der Waals surface area contributed by atoms with E-state index in [2.05, 4.69) is 25.8 Å². The molecule has 5 nitrogen and oxygen atoms in total. The predicted octanol–water partition coefficient (Wildman–Crippen LogP) is 4.99. The minimum absolute atomic E-state index is 0.0989. The smallest absolute Gasteiger partial charge is 0.338 e. The number of aromatic nitrogens is 3. The third-order valence-electron chi connectivity index (χ3n) is 3.69. The Bertz CT molecular complexity index is 925. The van der Waals surface area contributed by atoms with E-state index in [1.54, 1.807) is 0 Å². The number of hydrogen-bond donors (Lipinski definition) is 2. The van der Waals surface area contributed by atoms with Gasteiger partial charge in [0.15, 0.2) is 5.82 Å². The Labute approximate surface area is 148 Å². The molecular weight excluding hydrogens is 343 g/mol. The number of aryl methyl sites for hydroxylation is 2. The third kappa shape index (κ3) is 4.08. The molecule has 0 radical (unpaired) electrons. The van der Waals surface area contributed by atoms with Crippen LogP contribution in [0, 0.1) is 13.8 Å². The Kier molecular flexibility index (Phi) is 4.75. The molecule has 0 fully saturated rings. The topological polar surface area (TPSA) is 62.7 Å². The summed E-state index contributed by atoms with van der Waals surface area (Å²) in [6.45, 7) is 3.88. The van der Waals surface area contributed by atoms with Crippen molar-refractivity contribution in [3.63, 3.8) is 0 Å². The first-order chi connectivity index (χ1) is 12.3. The van der Waals surface area contributed by atoms with Crippen LogP contribution in [0.3, 0.4) is 0 Å². The number of halogens is 3. The quantitative estimate of drug-likeness (QED) is 0.687. The van der Waals surface area contributed by atoms with Crippen molar-refractivity contribution < 1.29 is 13.2 Å². The molecule has 3 rings (SSSR count). The van der Waals surface area contributed by atoms with Gasteiger partial charge in [0.25, 0.3) is 0 Å². The molecule has 0 unspecified atom stereocenters. The predicted molar refractivity (Wildman–Crippen MR) is 93.8 cm³/mol. The fraction of sp³-hybridized carbons (Fsp3) is 0.167. The Morgan fingerprint density at radius 3 is 2.46 bits per heavy atom. The fourth-order valence-corrected chi connectivity index (χ4v) is 2.38. The molecule has 0 bridgehead atoms. The zero-order chi connectivity index (χ0) is 18.7. The molecule has 0 amide bonds. The van der Waals surface area contributed by atoms with Crippen LogP contribution >= 0.6 is 0 Å². The van der Waals surface area contributed by atoms with Crippen LogP contribution in [0.5, 0.6) is 0 Å². The Balaban J connectivity index is 1.86. The lowest BCUT2D eigenvalue weighted by molar-refractivity contribution is -0.136. The lowest BCUT2D eigenvalue weighted by Gasteiger charge is -2.14. The van der Waals surface area contributed by atoms with Gasteiger partial charge in [-0.3, -0.25) is 0 Å². The molecule has 1 heterocycles. The summed E-state index contributed by atoms with van der Waals surface area (Å²) < 4.78 is 39.3. The van der Waals surface area contributed by atoms with Crippen molar-refractivity contribution in [2.24, 2.45) is 0 Å². The number of nitrogens with one attached hydrogen (secondary N) is 2. The molecule has 1 aromatic heterocycles. The van der Waals surface area contributed by atoms with Gasteiger partial charge < -0.3 is 10.6 Å². The van der Waals surface area contributed by atoms with Gasteiger partial charge in [-0.2, -0.15) is 23.3 Å². The summed E-state index contributed by atoms with van der Waals surface area (Å²) in [5, 5.41) is 13.4. The average Bonchev–Trinajstić information content (AvgIpc) is 2.58. The molecule has 2 aromatic carbocycles. The first-order valence-electron chi connectivity index (χ1n) is 7.80. The first kappa shape index (κ1) is 17.7. The number of rotatable bonds is 4. The standard InChI is InChI=1S/C18H16F3N5/c1-11-7-8-12(2)15(9-11)24-17-25-16(10-22-26-17)23-14-6-4-3-5-13(14)18(19,20)21/h3-10H,1-2H3,(H2,23,24,25,26). The van der Waals surface area contributed by atoms with Crippen molar-refractivity contribution in [2.75, 3.05) is 10.6 Å². The van der Waals surface area contributed by atoms with Gasteiger partial charge in [0, 0.05) is 5.69 Å². The molecular formula is C18H16F3N5. The van der Waals surface area contributed by atoms with Crippen molar-refractivity contribution in [1.82, 2.24) is 15.2 Å². The van der Waals surface area contributed by atoms with Gasteiger partial charge in [-0.15, -0.1) is 5.10 Å². The average molecular weight is 359 g/mol. The van der Waals surface area contributed by atoms with Crippen molar-refractivity contribution in [1.29, 1.82) is 0 Å².